The molecule has 3 aromatic carbocycles. The van der Waals surface area contributed by atoms with E-state index in [1.807, 2.05) is 60.7 Å². The van der Waals surface area contributed by atoms with E-state index in [-0.39, 0.29) is 5.91 Å². The predicted octanol–water partition coefficient (Wildman–Crippen LogP) is 5.22. The Morgan fingerprint density at radius 1 is 0.929 bits per heavy atom. The summed E-state index contributed by atoms with van der Waals surface area (Å²) in [5.74, 6) is 1.59. The molecule has 28 heavy (non-hydrogen) atoms. The van der Waals surface area contributed by atoms with Crippen LogP contribution >= 0.6 is 0 Å². The maximum Gasteiger partial charge on any atom is 0.251 e. The normalized spacial score (nSPS) is 13.2. The maximum atomic E-state index is 12.4. The van der Waals surface area contributed by atoms with Gasteiger partial charge in [-0.2, -0.15) is 0 Å². The molecule has 2 N–H and O–H groups in total. The van der Waals surface area contributed by atoms with Crippen molar-refractivity contribution in [3.63, 3.8) is 0 Å². The summed E-state index contributed by atoms with van der Waals surface area (Å²) in [6.07, 6.45) is 0.793. The Hall–Kier alpha value is -3.53. The number of aromatic nitrogens is 1. The highest BCUT2D eigenvalue weighted by molar-refractivity contribution is 6.10. The van der Waals surface area contributed by atoms with Gasteiger partial charge in [0.05, 0.1) is 0 Å². The van der Waals surface area contributed by atoms with E-state index in [4.69, 9.17) is 4.74 Å². The highest BCUT2D eigenvalue weighted by atomic mass is 16.5. The number of aryl methyl sites for hydroxylation is 1. The van der Waals surface area contributed by atoms with Crippen molar-refractivity contribution in [1.29, 1.82) is 0 Å². The monoisotopic (exact) mass is 368 g/mol. The number of amides is 1. The number of nitrogens with one attached hydrogen (secondary N) is 2. The zero-order valence-electron chi connectivity index (χ0n) is 15.6. The van der Waals surface area contributed by atoms with E-state index in [1.54, 1.807) is 0 Å². The van der Waals surface area contributed by atoms with E-state index in [1.165, 1.54) is 11.1 Å². The molecule has 4 nitrogen and oxygen atoms in total. The molecule has 4 heteroatoms. The highest BCUT2D eigenvalue weighted by Crippen LogP contribution is 2.35. The third-order valence-corrected chi connectivity index (χ3v) is 5.21. The van der Waals surface area contributed by atoms with E-state index in [0.717, 1.165) is 45.6 Å². The third-order valence-electron chi connectivity index (χ3n) is 5.21. The number of carbonyl (C=O) groups is 1. The van der Waals surface area contributed by atoms with Crippen LogP contribution in [0.3, 0.4) is 0 Å². The van der Waals surface area contributed by atoms with Crippen LogP contribution in [0.25, 0.3) is 22.2 Å². The van der Waals surface area contributed by atoms with Crippen molar-refractivity contribution in [3.8, 4) is 22.8 Å². The average molecular weight is 368 g/mol. The maximum absolute atomic E-state index is 12.4. The van der Waals surface area contributed by atoms with Gasteiger partial charge in [-0.1, -0.05) is 35.9 Å². The van der Waals surface area contributed by atoms with Crippen LogP contribution in [0.4, 0.5) is 0 Å². The number of carbonyl (C=O) groups excluding carboxylic acids is 1. The number of hydrogen-bond acceptors (Lipinski definition) is 2. The van der Waals surface area contributed by atoms with Crippen molar-refractivity contribution >= 4 is 16.8 Å². The van der Waals surface area contributed by atoms with Gasteiger partial charge in [0.1, 0.15) is 11.5 Å². The summed E-state index contributed by atoms with van der Waals surface area (Å²) in [5, 5.41) is 4.01. The molecule has 4 aromatic rings. The summed E-state index contributed by atoms with van der Waals surface area (Å²) in [6.45, 7) is 2.69. The lowest BCUT2D eigenvalue weighted by atomic mass is 10.0. The van der Waals surface area contributed by atoms with Crippen LogP contribution in [0.2, 0.25) is 0 Å². The van der Waals surface area contributed by atoms with Crippen LogP contribution in [-0.4, -0.2) is 17.4 Å². The molecular weight excluding hydrogens is 348 g/mol. The van der Waals surface area contributed by atoms with Crippen LogP contribution in [-0.2, 0) is 6.42 Å². The van der Waals surface area contributed by atoms with Gasteiger partial charge in [-0.15, -0.1) is 0 Å². The van der Waals surface area contributed by atoms with Crippen LogP contribution in [0.5, 0.6) is 11.5 Å². The Labute approximate surface area is 163 Å². The topological polar surface area (TPSA) is 54.1 Å². The van der Waals surface area contributed by atoms with Gasteiger partial charge in [0.2, 0.25) is 0 Å². The zero-order valence-corrected chi connectivity index (χ0v) is 15.6. The molecule has 5 rings (SSSR count). The van der Waals surface area contributed by atoms with Crippen LogP contribution < -0.4 is 10.1 Å². The largest absolute Gasteiger partial charge is 0.457 e. The first-order chi connectivity index (χ1) is 13.7. The van der Waals surface area contributed by atoms with Gasteiger partial charge in [-0.3, -0.25) is 4.79 Å². The number of rotatable bonds is 3. The van der Waals surface area contributed by atoms with Gasteiger partial charge < -0.3 is 15.0 Å². The first-order valence-electron chi connectivity index (χ1n) is 9.46. The van der Waals surface area contributed by atoms with Crippen molar-refractivity contribution in [2.75, 3.05) is 6.54 Å². The summed E-state index contributed by atoms with van der Waals surface area (Å²) in [4.78, 5) is 15.9. The van der Waals surface area contributed by atoms with Gasteiger partial charge in [-0.25, -0.2) is 0 Å². The lowest BCUT2D eigenvalue weighted by Gasteiger charge is -2.09. The van der Waals surface area contributed by atoms with Crippen molar-refractivity contribution in [1.82, 2.24) is 10.3 Å². The third kappa shape index (κ3) is 2.83. The second kappa shape index (κ2) is 6.57. The molecule has 0 saturated carbocycles. The fourth-order valence-corrected chi connectivity index (χ4v) is 3.86. The lowest BCUT2D eigenvalue weighted by Crippen LogP contribution is -2.23. The molecular formula is C24H20N2O2. The van der Waals surface area contributed by atoms with Crippen molar-refractivity contribution in [3.05, 3.63) is 83.4 Å². The molecule has 1 aliphatic heterocycles. The van der Waals surface area contributed by atoms with E-state index >= 15 is 0 Å². The Balaban J connectivity index is 1.59. The second-order valence-corrected chi connectivity index (χ2v) is 7.16. The van der Waals surface area contributed by atoms with E-state index in [2.05, 4.69) is 23.3 Å². The van der Waals surface area contributed by atoms with Crippen molar-refractivity contribution < 1.29 is 9.53 Å². The number of aromatic amines is 1. The first kappa shape index (κ1) is 16.6. The minimum atomic E-state index is -0.00800. The quantitative estimate of drug-likeness (QED) is 0.521. The zero-order chi connectivity index (χ0) is 19.1. The fraction of sp³-hybridized carbons (Fsp3) is 0.125. The van der Waals surface area contributed by atoms with Crippen LogP contribution in [0, 0.1) is 6.92 Å². The molecule has 0 radical (unpaired) electrons. The van der Waals surface area contributed by atoms with Gasteiger partial charge in [0.15, 0.2) is 0 Å². The molecule has 0 saturated heterocycles. The van der Waals surface area contributed by atoms with Gasteiger partial charge >= 0.3 is 0 Å². The number of hydrogen-bond donors (Lipinski definition) is 2. The molecule has 0 spiro atoms. The van der Waals surface area contributed by atoms with Gasteiger partial charge in [0.25, 0.3) is 5.91 Å². The average Bonchev–Trinajstić information content (AvgIpc) is 2.99. The summed E-state index contributed by atoms with van der Waals surface area (Å²) >= 11 is 0. The first-order valence-corrected chi connectivity index (χ1v) is 9.46. The van der Waals surface area contributed by atoms with E-state index < -0.39 is 0 Å². The predicted molar refractivity (Wildman–Crippen MR) is 111 cm³/mol. The minimum Gasteiger partial charge on any atom is -0.457 e. The molecule has 1 amide bonds. The fourth-order valence-electron chi connectivity index (χ4n) is 3.86. The SMILES string of the molecule is Cc1ccc(Oc2cccc(-c3[nH]c4cccc5c4c3CCNC5=O)c2)cc1. The molecule has 1 aliphatic rings. The Morgan fingerprint density at radius 3 is 2.61 bits per heavy atom. The number of H-pyrrole nitrogens is 1. The standard InChI is InChI=1S/C24H20N2O2/c1-15-8-10-17(11-9-15)28-18-5-2-4-16(14-18)23-19-12-13-25-24(27)20-6-3-7-21(26-23)22(19)20/h2-11,14,26H,12-13H2,1H3,(H,25,27). The second-order valence-electron chi connectivity index (χ2n) is 7.16. The van der Waals surface area contributed by atoms with E-state index in [0.29, 0.717) is 6.54 Å². The lowest BCUT2D eigenvalue weighted by molar-refractivity contribution is 0.0957. The highest BCUT2D eigenvalue weighted by Gasteiger charge is 2.22. The molecule has 0 atom stereocenters. The Kier molecular flexibility index (Phi) is 3.90. The molecule has 0 fully saturated rings. The van der Waals surface area contributed by atoms with Crippen LogP contribution in [0.15, 0.2) is 66.7 Å². The van der Waals surface area contributed by atoms with Crippen LogP contribution in [0.1, 0.15) is 21.5 Å². The van der Waals surface area contributed by atoms with Crippen molar-refractivity contribution in [2.45, 2.75) is 13.3 Å². The van der Waals surface area contributed by atoms with Gasteiger partial charge in [-0.05, 0) is 55.3 Å². The molecule has 0 bridgehead atoms. The summed E-state index contributed by atoms with van der Waals surface area (Å²) in [6, 6.07) is 21.9. The number of ether oxygens (including phenoxy) is 1. The molecule has 138 valence electrons. The molecule has 2 heterocycles. The smallest absolute Gasteiger partial charge is 0.251 e. The van der Waals surface area contributed by atoms with E-state index in [9.17, 15) is 4.79 Å². The summed E-state index contributed by atoms with van der Waals surface area (Å²) in [5.41, 5.74) is 6.21. The molecule has 0 aliphatic carbocycles. The Morgan fingerprint density at radius 2 is 1.75 bits per heavy atom. The Bertz CT molecular complexity index is 1190. The summed E-state index contributed by atoms with van der Waals surface area (Å²) < 4.78 is 6.04. The number of benzene rings is 3. The summed E-state index contributed by atoms with van der Waals surface area (Å²) in [7, 11) is 0. The molecule has 0 unspecified atom stereocenters. The van der Waals surface area contributed by atoms with Crippen molar-refractivity contribution in [2.24, 2.45) is 0 Å². The minimum absolute atomic E-state index is 0.00800. The molecule has 1 aromatic heterocycles. The van der Waals surface area contributed by atoms with Gasteiger partial charge in [0, 0.05) is 34.3 Å².